The van der Waals surface area contributed by atoms with E-state index >= 15 is 0 Å². The monoisotopic (exact) mass is 236 g/mol. The van der Waals surface area contributed by atoms with Crippen molar-refractivity contribution in [2.24, 2.45) is 23.7 Å². The SMILES string of the molecule is CCNCC1CCN(CC(C2CC2)C2CC2)C1. The number of hydrogen-bond donors (Lipinski definition) is 1. The second-order valence-electron chi connectivity index (χ2n) is 6.56. The Kier molecular flexibility index (Phi) is 3.72. The lowest BCUT2D eigenvalue weighted by Crippen LogP contribution is -2.31. The zero-order chi connectivity index (χ0) is 11.7. The van der Waals surface area contributed by atoms with Crippen LogP contribution in [0.5, 0.6) is 0 Å². The molecule has 1 unspecified atom stereocenters. The molecule has 3 rings (SSSR count). The van der Waals surface area contributed by atoms with E-state index in [1.165, 1.54) is 58.3 Å². The van der Waals surface area contributed by atoms with E-state index in [9.17, 15) is 0 Å². The van der Waals surface area contributed by atoms with Crippen LogP contribution in [0.2, 0.25) is 0 Å². The van der Waals surface area contributed by atoms with Gasteiger partial charge < -0.3 is 10.2 Å². The van der Waals surface area contributed by atoms with Crippen LogP contribution in [-0.2, 0) is 0 Å². The second kappa shape index (κ2) is 5.27. The third-order valence-corrected chi connectivity index (χ3v) is 4.98. The van der Waals surface area contributed by atoms with Crippen LogP contribution in [0.1, 0.15) is 39.0 Å². The van der Waals surface area contributed by atoms with Crippen LogP contribution in [0, 0.1) is 23.7 Å². The highest BCUT2D eigenvalue weighted by molar-refractivity contribution is 4.94. The number of likely N-dealkylation sites (tertiary alicyclic amines) is 1. The quantitative estimate of drug-likeness (QED) is 0.730. The second-order valence-corrected chi connectivity index (χ2v) is 6.56. The lowest BCUT2D eigenvalue weighted by Gasteiger charge is -2.23. The zero-order valence-electron chi connectivity index (χ0n) is 11.3. The van der Waals surface area contributed by atoms with Gasteiger partial charge >= 0.3 is 0 Å². The maximum Gasteiger partial charge on any atom is 0.00224 e. The molecule has 0 amide bonds. The van der Waals surface area contributed by atoms with Crippen molar-refractivity contribution in [1.82, 2.24) is 10.2 Å². The molecule has 98 valence electrons. The molecular formula is C15H28N2. The predicted molar refractivity (Wildman–Crippen MR) is 72.0 cm³/mol. The largest absolute Gasteiger partial charge is 0.317 e. The van der Waals surface area contributed by atoms with Crippen molar-refractivity contribution in [3.63, 3.8) is 0 Å². The fourth-order valence-electron chi connectivity index (χ4n) is 3.62. The summed E-state index contributed by atoms with van der Waals surface area (Å²) in [7, 11) is 0. The van der Waals surface area contributed by atoms with Crippen molar-refractivity contribution in [1.29, 1.82) is 0 Å². The van der Waals surface area contributed by atoms with E-state index in [0.29, 0.717) is 0 Å². The first-order valence-corrected chi connectivity index (χ1v) is 7.80. The van der Waals surface area contributed by atoms with E-state index in [1.54, 1.807) is 0 Å². The van der Waals surface area contributed by atoms with Crippen molar-refractivity contribution in [2.75, 3.05) is 32.7 Å². The molecule has 1 saturated heterocycles. The van der Waals surface area contributed by atoms with Gasteiger partial charge in [0.1, 0.15) is 0 Å². The lowest BCUT2D eigenvalue weighted by molar-refractivity contribution is 0.232. The molecule has 1 aliphatic heterocycles. The average molecular weight is 236 g/mol. The van der Waals surface area contributed by atoms with Gasteiger partial charge in [-0.25, -0.2) is 0 Å². The molecule has 2 nitrogen and oxygen atoms in total. The van der Waals surface area contributed by atoms with Gasteiger partial charge in [-0.05, 0) is 75.4 Å². The normalized spacial score (nSPS) is 30.4. The topological polar surface area (TPSA) is 15.3 Å². The van der Waals surface area contributed by atoms with Crippen molar-refractivity contribution in [3.05, 3.63) is 0 Å². The zero-order valence-corrected chi connectivity index (χ0v) is 11.3. The molecule has 0 bridgehead atoms. The summed E-state index contributed by atoms with van der Waals surface area (Å²) in [6, 6.07) is 0. The third-order valence-electron chi connectivity index (χ3n) is 4.98. The van der Waals surface area contributed by atoms with E-state index in [4.69, 9.17) is 0 Å². The molecule has 1 heterocycles. The van der Waals surface area contributed by atoms with Crippen molar-refractivity contribution >= 4 is 0 Å². The summed E-state index contributed by atoms with van der Waals surface area (Å²) in [4.78, 5) is 2.77. The Bertz CT molecular complexity index is 233. The molecule has 3 fully saturated rings. The summed E-state index contributed by atoms with van der Waals surface area (Å²) < 4.78 is 0. The Hall–Kier alpha value is -0.0800. The van der Waals surface area contributed by atoms with Gasteiger partial charge in [0.05, 0.1) is 0 Å². The van der Waals surface area contributed by atoms with Crippen LogP contribution >= 0.6 is 0 Å². The lowest BCUT2D eigenvalue weighted by atomic mass is 9.97. The van der Waals surface area contributed by atoms with Crippen LogP contribution in [-0.4, -0.2) is 37.6 Å². The minimum absolute atomic E-state index is 0.925. The fourth-order valence-corrected chi connectivity index (χ4v) is 3.62. The van der Waals surface area contributed by atoms with E-state index in [-0.39, 0.29) is 0 Å². The highest BCUT2D eigenvalue weighted by Crippen LogP contribution is 2.49. The van der Waals surface area contributed by atoms with Gasteiger partial charge in [0, 0.05) is 13.1 Å². The van der Waals surface area contributed by atoms with Gasteiger partial charge in [0.25, 0.3) is 0 Å². The van der Waals surface area contributed by atoms with Gasteiger partial charge in [0.15, 0.2) is 0 Å². The molecule has 3 aliphatic rings. The smallest absolute Gasteiger partial charge is 0.00224 e. The number of hydrogen-bond acceptors (Lipinski definition) is 2. The highest BCUT2D eigenvalue weighted by atomic mass is 15.2. The van der Waals surface area contributed by atoms with Crippen molar-refractivity contribution in [3.8, 4) is 0 Å². The molecular weight excluding hydrogens is 208 g/mol. The standard InChI is InChI=1S/C15H28N2/c1-2-16-9-12-7-8-17(10-12)11-15(13-3-4-13)14-5-6-14/h12-16H,2-11H2,1H3. The molecule has 0 aromatic carbocycles. The van der Waals surface area contributed by atoms with Gasteiger partial charge in [-0.3, -0.25) is 0 Å². The summed E-state index contributed by atoms with van der Waals surface area (Å²) in [5.41, 5.74) is 0. The Morgan fingerprint density at radius 2 is 1.82 bits per heavy atom. The van der Waals surface area contributed by atoms with Crippen LogP contribution in [0.15, 0.2) is 0 Å². The van der Waals surface area contributed by atoms with Crippen LogP contribution in [0.25, 0.3) is 0 Å². The summed E-state index contributed by atoms with van der Waals surface area (Å²) >= 11 is 0. The Morgan fingerprint density at radius 3 is 2.41 bits per heavy atom. The Morgan fingerprint density at radius 1 is 1.12 bits per heavy atom. The number of nitrogens with one attached hydrogen (secondary N) is 1. The van der Waals surface area contributed by atoms with E-state index in [2.05, 4.69) is 17.1 Å². The predicted octanol–water partition coefficient (Wildman–Crippen LogP) is 2.35. The molecule has 0 spiro atoms. The van der Waals surface area contributed by atoms with E-state index in [1.807, 2.05) is 0 Å². The molecule has 0 radical (unpaired) electrons. The van der Waals surface area contributed by atoms with E-state index < -0.39 is 0 Å². The van der Waals surface area contributed by atoms with Crippen LogP contribution < -0.4 is 5.32 Å². The number of nitrogens with zero attached hydrogens (tertiary/aromatic N) is 1. The fraction of sp³-hybridized carbons (Fsp3) is 1.00. The third kappa shape index (κ3) is 3.23. The Balaban J connectivity index is 1.42. The highest BCUT2D eigenvalue weighted by Gasteiger charge is 2.42. The maximum atomic E-state index is 3.51. The first-order chi connectivity index (χ1) is 8.36. The molecule has 2 aliphatic carbocycles. The summed E-state index contributed by atoms with van der Waals surface area (Å²) in [5, 5.41) is 3.51. The number of rotatable bonds is 7. The summed E-state index contributed by atoms with van der Waals surface area (Å²) in [5.74, 6) is 4.24. The van der Waals surface area contributed by atoms with Gasteiger partial charge in [0.2, 0.25) is 0 Å². The molecule has 0 aromatic rings. The summed E-state index contributed by atoms with van der Waals surface area (Å²) in [6.07, 6.45) is 7.58. The molecule has 2 heteroatoms. The Labute approximate surface area is 106 Å². The van der Waals surface area contributed by atoms with Crippen LogP contribution in [0.4, 0.5) is 0 Å². The van der Waals surface area contributed by atoms with Gasteiger partial charge in [-0.2, -0.15) is 0 Å². The first-order valence-electron chi connectivity index (χ1n) is 7.80. The van der Waals surface area contributed by atoms with Gasteiger partial charge in [-0.15, -0.1) is 0 Å². The molecule has 2 saturated carbocycles. The first kappa shape index (κ1) is 12.0. The molecule has 0 aromatic heterocycles. The average Bonchev–Trinajstić information content (AvgIpc) is 3.23. The van der Waals surface area contributed by atoms with Crippen LogP contribution in [0.3, 0.4) is 0 Å². The van der Waals surface area contributed by atoms with Crippen molar-refractivity contribution in [2.45, 2.75) is 39.0 Å². The van der Waals surface area contributed by atoms with Crippen molar-refractivity contribution < 1.29 is 0 Å². The van der Waals surface area contributed by atoms with Gasteiger partial charge in [-0.1, -0.05) is 6.92 Å². The summed E-state index contributed by atoms with van der Waals surface area (Å²) in [6.45, 7) is 8.74. The minimum atomic E-state index is 0.925. The van der Waals surface area contributed by atoms with E-state index in [0.717, 1.165) is 30.2 Å². The maximum absolute atomic E-state index is 3.51. The minimum Gasteiger partial charge on any atom is -0.317 e. The molecule has 17 heavy (non-hydrogen) atoms. The molecule has 1 N–H and O–H groups in total. The molecule has 1 atom stereocenters.